The summed E-state index contributed by atoms with van der Waals surface area (Å²) in [5, 5.41) is 3.35. The minimum atomic E-state index is 0.0869. The van der Waals surface area contributed by atoms with E-state index in [-0.39, 0.29) is 5.54 Å². The Labute approximate surface area is 114 Å². The van der Waals surface area contributed by atoms with E-state index in [0.29, 0.717) is 17.2 Å². The Hall–Kier alpha value is -1.31. The lowest BCUT2D eigenvalue weighted by Gasteiger charge is -2.18. The van der Waals surface area contributed by atoms with Crippen LogP contribution in [0.5, 0.6) is 0 Å². The van der Waals surface area contributed by atoms with Gasteiger partial charge in [-0.15, -0.1) is 0 Å². The molecular formula is C17H21NO. The minimum absolute atomic E-state index is 0.0869. The molecule has 19 heavy (non-hydrogen) atoms. The zero-order chi connectivity index (χ0) is 13.1. The number of nitrogens with one attached hydrogen (secondary N) is 1. The smallest absolute Gasteiger partial charge is 0.224 e. The van der Waals surface area contributed by atoms with Gasteiger partial charge < -0.3 is 5.32 Å². The molecule has 1 spiro atoms. The zero-order valence-corrected chi connectivity index (χ0v) is 11.5. The summed E-state index contributed by atoms with van der Waals surface area (Å²) >= 11 is 0. The fourth-order valence-corrected chi connectivity index (χ4v) is 3.49. The van der Waals surface area contributed by atoms with Crippen molar-refractivity contribution in [2.75, 3.05) is 0 Å². The summed E-state index contributed by atoms with van der Waals surface area (Å²) in [5.74, 6) is 0.685. The lowest BCUT2D eigenvalue weighted by atomic mass is 10.0. The second kappa shape index (κ2) is 3.62. The van der Waals surface area contributed by atoms with Crippen LogP contribution in [0, 0.1) is 18.3 Å². The van der Waals surface area contributed by atoms with Crippen LogP contribution in [0.3, 0.4) is 0 Å². The summed E-state index contributed by atoms with van der Waals surface area (Å²) in [5.41, 5.74) is 3.22. The quantitative estimate of drug-likeness (QED) is 0.880. The summed E-state index contributed by atoms with van der Waals surface area (Å²) in [4.78, 5) is 12.3. The topological polar surface area (TPSA) is 29.1 Å². The third-order valence-corrected chi connectivity index (χ3v) is 5.27. The van der Waals surface area contributed by atoms with Gasteiger partial charge >= 0.3 is 0 Å². The van der Waals surface area contributed by atoms with E-state index in [4.69, 9.17) is 0 Å². The first-order valence-electron chi connectivity index (χ1n) is 7.49. The van der Waals surface area contributed by atoms with E-state index in [1.54, 1.807) is 0 Å². The maximum Gasteiger partial charge on any atom is 0.224 e. The molecule has 3 aliphatic carbocycles. The molecule has 3 saturated carbocycles. The number of hydrogen-bond acceptors (Lipinski definition) is 1. The second-order valence-electron chi connectivity index (χ2n) is 7.05. The van der Waals surface area contributed by atoms with Crippen molar-refractivity contribution in [2.45, 2.75) is 51.0 Å². The first-order valence-corrected chi connectivity index (χ1v) is 7.49. The van der Waals surface area contributed by atoms with Gasteiger partial charge in [-0.05, 0) is 56.4 Å². The summed E-state index contributed by atoms with van der Waals surface area (Å²) in [7, 11) is 0. The number of amides is 1. The molecule has 1 aromatic carbocycles. The molecule has 0 aliphatic heterocycles. The molecule has 3 fully saturated rings. The molecule has 2 nitrogen and oxygen atoms in total. The third kappa shape index (κ3) is 2.07. The Morgan fingerprint density at radius 3 is 2.68 bits per heavy atom. The average molecular weight is 255 g/mol. The van der Waals surface area contributed by atoms with Crippen molar-refractivity contribution in [3.05, 3.63) is 35.4 Å². The van der Waals surface area contributed by atoms with Crippen LogP contribution >= 0.6 is 0 Å². The average Bonchev–Trinajstić information content (AvgIpc) is 3.24. The molecule has 1 amide bonds. The van der Waals surface area contributed by atoms with Gasteiger partial charge in [0, 0.05) is 11.5 Å². The molecule has 0 unspecified atom stereocenters. The van der Waals surface area contributed by atoms with E-state index in [1.165, 1.54) is 24.0 Å². The maximum atomic E-state index is 12.3. The zero-order valence-electron chi connectivity index (χ0n) is 11.5. The van der Waals surface area contributed by atoms with Crippen molar-refractivity contribution >= 4 is 5.91 Å². The SMILES string of the molecule is Cc1cccc(CC2(NC(=O)[C@@H]3CC34CC4)CC2)c1. The molecule has 0 aromatic heterocycles. The maximum absolute atomic E-state index is 12.3. The highest BCUT2D eigenvalue weighted by molar-refractivity contribution is 5.84. The number of carbonyl (C=O) groups excluding carboxylic acids is 1. The molecule has 1 aromatic rings. The third-order valence-electron chi connectivity index (χ3n) is 5.27. The van der Waals surface area contributed by atoms with Crippen LogP contribution in [0.2, 0.25) is 0 Å². The van der Waals surface area contributed by atoms with Crippen molar-refractivity contribution in [3.8, 4) is 0 Å². The molecule has 100 valence electrons. The molecule has 2 heteroatoms. The van der Waals surface area contributed by atoms with Gasteiger partial charge in [0.25, 0.3) is 0 Å². The normalized spacial score (nSPS) is 27.9. The van der Waals surface area contributed by atoms with Crippen molar-refractivity contribution < 1.29 is 4.79 Å². The number of carbonyl (C=O) groups is 1. The fourth-order valence-electron chi connectivity index (χ4n) is 3.49. The standard InChI is InChI=1S/C17H21NO/c1-12-3-2-4-13(9-12)10-17(7-8-17)18-15(19)14-11-16(14)5-6-16/h2-4,9,14H,5-8,10-11H2,1H3,(H,18,19)/t14-/m0/s1. The van der Waals surface area contributed by atoms with Gasteiger partial charge in [0.15, 0.2) is 0 Å². The van der Waals surface area contributed by atoms with Gasteiger partial charge in [-0.2, -0.15) is 0 Å². The molecule has 0 heterocycles. The summed E-state index contributed by atoms with van der Waals surface area (Å²) in [6.45, 7) is 2.13. The molecule has 0 saturated heterocycles. The molecule has 1 atom stereocenters. The number of hydrogen-bond donors (Lipinski definition) is 1. The van der Waals surface area contributed by atoms with Crippen LogP contribution in [0.1, 0.15) is 43.2 Å². The van der Waals surface area contributed by atoms with Gasteiger partial charge in [-0.1, -0.05) is 29.8 Å². The highest BCUT2D eigenvalue weighted by Crippen LogP contribution is 2.70. The molecule has 1 N–H and O–H groups in total. The largest absolute Gasteiger partial charge is 0.350 e. The first kappa shape index (κ1) is 11.5. The predicted octanol–water partition coefficient (Wildman–Crippen LogP) is 2.99. The first-order chi connectivity index (χ1) is 9.11. The van der Waals surface area contributed by atoms with Crippen LogP contribution in [0.15, 0.2) is 24.3 Å². The lowest BCUT2D eigenvalue weighted by Crippen LogP contribution is -2.39. The highest BCUT2D eigenvalue weighted by Gasteiger charge is 2.66. The number of benzene rings is 1. The van der Waals surface area contributed by atoms with Gasteiger partial charge in [-0.3, -0.25) is 4.79 Å². The molecule has 4 rings (SSSR count). The van der Waals surface area contributed by atoms with Crippen LogP contribution in [-0.4, -0.2) is 11.4 Å². The Morgan fingerprint density at radius 1 is 1.32 bits per heavy atom. The van der Waals surface area contributed by atoms with E-state index < -0.39 is 0 Å². The molecule has 3 aliphatic rings. The Bertz CT molecular complexity index is 540. The predicted molar refractivity (Wildman–Crippen MR) is 74.8 cm³/mol. The van der Waals surface area contributed by atoms with Crippen molar-refractivity contribution in [1.82, 2.24) is 5.32 Å². The Morgan fingerprint density at radius 2 is 2.11 bits per heavy atom. The Kier molecular flexibility index (Phi) is 2.19. The van der Waals surface area contributed by atoms with Crippen LogP contribution in [0.25, 0.3) is 0 Å². The van der Waals surface area contributed by atoms with Crippen molar-refractivity contribution in [3.63, 3.8) is 0 Å². The minimum Gasteiger partial charge on any atom is -0.350 e. The van der Waals surface area contributed by atoms with Crippen LogP contribution in [-0.2, 0) is 11.2 Å². The number of aryl methyl sites for hydroxylation is 1. The van der Waals surface area contributed by atoms with E-state index in [0.717, 1.165) is 25.7 Å². The van der Waals surface area contributed by atoms with E-state index in [1.807, 2.05) is 0 Å². The second-order valence-corrected chi connectivity index (χ2v) is 7.05. The van der Waals surface area contributed by atoms with Gasteiger partial charge in [0.05, 0.1) is 0 Å². The summed E-state index contributed by atoms with van der Waals surface area (Å²) < 4.78 is 0. The number of rotatable bonds is 4. The lowest BCUT2D eigenvalue weighted by molar-refractivity contribution is -0.123. The van der Waals surface area contributed by atoms with Gasteiger partial charge in [0.1, 0.15) is 0 Å². The van der Waals surface area contributed by atoms with E-state index >= 15 is 0 Å². The summed E-state index contributed by atoms with van der Waals surface area (Å²) in [6.07, 6.45) is 7.02. The molecular weight excluding hydrogens is 234 g/mol. The fraction of sp³-hybridized carbons (Fsp3) is 0.588. The van der Waals surface area contributed by atoms with Crippen molar-refractivity contribution in [2.24, 2.45) is 11.3 Å². The Balaban J connectivity index is 1.41. The van der Waals surface area contributed by atoms with Crippen LogP contribution < -0.4 is 5.32 Å². The van der Waals surface area contributed by atoms with Gasteiger partial charge in [-0.25, -0.2) is 0 Å². The molecule has 0 bridgehead atoms. The highest BCUT2D eigenvalue weighted by atomic mass is 16.2. The van der Waals surface area contributed by atoms with E-state index in [2.05, 4.69) is 36.5 Å². The molecule has 0 radical (unpaired) electrons. The van der Waals surface area contributed by atoms with Crippen molar-refractivity contribution in [1.29, 1.82) is 0 Å². The monoisotopic (exact) mass is 255 g/mol. The van der Waals surface area contributed by atoms with E-state index in [9.17, 15) is 4.79 Å². The summed E-state index contributed by atoms with van der Waals surface area (Å²) in [6, 6.07) is 8.66. The van der Waals surface area contributed by atoms with Gasteiger partial charge in [0.2, 0.25) is 5.91 Å². The van der Waals surface area contributed by atoms with Crippen LogP contribution in [0.4, 0.5) is 0 Å².